The molecule has 0 radical (unpaired) electrons. The number of aliphatic carboxylic acids is 2. The zero-order chi connectivity index (χ0) is 14.1. The molecule has 0 aromatic rings. The van der Waals surface area contributed by atoms with Gasteiger partial charge in [-0.2, -0.15) is 0 Å². The molecule has 0 spiro atoms. The number of rotatable bonds is 3. The van der Waals surface area contributed by atoms with Crippen LogP contribution >= 0.6 is 0 Å². The molecule has 8 nitrogen and oxygen atoms in total. The monoisotopic (exact) mass is 286 g/mol. The van der Waals surface area contributed by atoms with Crippen molar-refractivity contribution in [2.24, 2.45) is 0 Å². The fourth-order valence-electron chi connectivity index (χ4n) is 1.94. The first kappa shape index (κ1) is 23.2. The van der Waals surface area contributed by atoms with Gasteiger partial charge in [-0.1, -0.05) is 0 Å². The number of carbonyl (C=O) groups excluding carboxylic acids is 2. The Hall–Kier alpha value is -0.0252. The van der Waals surface area contributed by atoms with Crippen LogP contribution in [0.1, 0.15) is 0 Å². The minimum atomic E-state index is -1.70. The van der Waals surface area contributed by atoms with Gasteiger partial charge in [0, 0.05) is 52.4 Å². The average Bonchev–Trinajstić information content (AvgIpc) is 2.31. The van der Waals surface area contributed by atoms with E-state index in [1.54, 1.807) is 0 Å². The van der Waals surface area contributed by atoms with Crippen LogP contribution in [0.5, 0.6) is 0 Å². The van der Waals surface area contributed by atoms with E-state index in [4.69, 9.17) is 0 Å². The van der Waals surface area contributed by atoms with E-state index in [9.17, 15) is 19.8 Å². The van der Waals surface area contributed by atoms with E-state index < -0.39 is 18.0 Å². The van der Waals surface area contributed by atoms with Crippen LogP contribution in [0.3, 0.4) is 0 Å². The molecular formula is C11H20Li2N4O4. The van der Waals surface area contributed by atoms with Crippen molar-refractivity contribution in [1.82, 2.24) is 20.9 Å². The number of nitrogens with one attached hydrogen (secondary N) is 3. The van der Waals surface area contributed by atoms with E-state index in [0.717, 1.165) is 26.2 Å². The molecule has 0 aliphatic carbocycles. The largest absolute Gasteiger partial charge is 1.00 e. The standard InChI is InChI=1S/C11H22N4O4.2Li/c16-10(17)9(11(18)19)15-7-5-13-3-1-12-2-4-14-6-8-15;;/h9,12-14H,1-8H2,(H,16,17)(H,18,19);;/q;2*+1/p-2. The van der Waals surface area contributed by atoms with E-state index >= 15 is 0 Å². The van der Waals surface area contributed by atoms with Crippen LogP contribution in [0.4, 0.5) is 0 Å². The molecule has 10 heteroatoms. The van der Waals surface area contributed by atoms with Gasteiger partial charge in [-0.15, -0.1) is 0 Å². The van der Waals surface area contributed by atoms with Crippen LogP contribution in [0.25, 0.3) is 0 Å². The van der Waals surface area contributed by atoms with Gasteiger partial charge in [-0.25, -0.2) is 0 Å². The summed E-state index contributed by atoms with van der Waals surface area (Å²) < 4.78 is 0. The Bertz CT molecular complexity index is 284. The van der Waals surface area contributed by atoms with Gasteiger partial charge >= 0.3 is 37.7 Å². The summed E-state index contributed by atoms with van der Waals surface area (Å²) >= 11 is 0. The summed E-state index contributed by atoms with van der Waals surface area (Å²) in [6, 6.07) is -1.70. The van der Waals surface area contributed by atoms with Crippen LogP contribution in [0.2, 0.25) is 0 Å². The molecule has 0 aromatic heterocycles. The molecule has 1 rings (SSSR count). The predicted octanol–water partition coefficient (Wildman–Crippen LogP) is -11.1. The van der Waals surface area contributed by atoms with Crippen LogP contribution in [-0.2, 0) is 9.59 Å². The van der Waals surface area contributed by atoms with E-state index in [1.807, 2.05) is 0 Å². The Morgan fingerprint density at radius 3 is 1.43 bits per heavy atom. The first-order valence-electron chi connectivity index (χ1n) is 6.41. The topological polar surface area (TPSA) is 120 Å². The fourth-order valence-corrected chi connectivity index (χ4v) is 1.94. The Morgan fingerprint density at radius 2 is 1.10 bits per heavy atom. The van der Waals surface area contributed by atoms with E-state index in [0.29, 0.717) is 26.2 Å². The zero-order valence-electron chi connectivity index (χ0n) is 12.8. The number of carbonyl (C=O) groups is 2. The van der Waals surface area contributed by atoms with Crippen molar-refractivity contribution in [3.8, 4) is 0 Å². The van der Waals surface area contributed by atoms with Crippen molar-refractivity contribution in [3.63, 3.8) is 0 Å². The molecule has 0 amide bonds. The third kappa shape index (κ3) is 9.57. The molecular weight excluding hydrogens is 266 g/mol. The second-order valence-electron chi connectivity index (χ2n) is 4.33. The van der Waals surface area contributed by atoms with Crippen molar-refractivity contribution in [2.75, 3.05) is 52.4 Å². The molecule has 1 saturated heterocycles. The molecule has 1 heterocycles. The summed E-state index contributed by atoms with van der Waals surface area (Å²) in [4.78, 5) is 23.1. The van der Waals surface area contributed by atoms with Crippen molar-refractivity contribution >= 4 is 11.9 Å². The summed E-state index contributed by atoms with van der Waals surface area (Å²) in [5.41, 5.74) is 0. The van der Waals surface area contributed by atoms with Crippen molar-refractivity contribution in [1.29, 1.82) is 0 Å². The van der Waals surface area contributed by atoms with Crippen LogP contribution < -0.4 is 63.9 Å². The summed E-state index contributed by atoms with van der Waals surface area (Å²) in [6.45, 7) is 4.77. The van der Waals surface area contributed by atoms with Gasteiger partial charge in [-0.05, 0) is 0 Å². The van der Waals surface area contributed by atoms with Gasteiger partial charge in [0.15, 0.2) is 0 Å². The van der Waals surface area contributed by atoms with E-state index in [2.05, 4.69) is 16.0 Å². The van der Waals surface area contributed by atoms with E-state index in [-0.39, 0.29) is 37.7 Å². The Morgan fingerprint density at radius 1 is 0.762 bits per heavy atom. The number of nitrogens with zero attached hydrogens (tertiary/aromatic N) is 1. The summed E-state index contributed by atoms with van der Waals surface area (Å²) in [7, 11) is 0. The molecule has 1 aliphatic heterocycles. The average molecular weight is 286 g/mol. The first-order valence-corrected chi connectivity index (χ1v) is 6.41. The molecule has 3 N–H and O–H groups in total. The molecule has 1 aliphatic rings. The summed E-state index contributed by atoms with van der Waals surface area (Å²) in [6.07, 6.45) is 0. The Labute approximate surface area is 148 Å². The number of hydrogen-bond donors (Lipinski definition) is 3. The van der Waals surface area contributed by atoms with Gasteiger partial charge in [0.05, 0.1) is 18.0 Å². The predicted molar refractivity (Wildman–Crippen MR) is 64.0 cm³/mol. The smallest absolute Gasteiger partial charge is 0.548 e. The first-order chi connectivity index (χ1) is 9.13. The van der Waals surface area contributed by atoms with Gasteiger partial charge in [0.1, 0.15) is 0 Å². The van der Waals surface area contributed by atoms with Gasteiger partial charge in [-0.3, -0.25) is 4.90 Å². The zero-order valence-corrected chi connectivity index (χ0v) is 12.8. The van der Waals surface area contributed by atoms with Gasteiger partial charge in [0.2, 0.25) is 0 Å². The molecule has 0 saturated carbocycles. The second-order valence-corrected chi connectivity index (χ2v) is 4.33. The molecule has 0 unspecified atom stereocenters. The van der Waals surface area contributed by atoms with Gasteiger partial charge < -0.3 is 35.8 Å². The minimum Gasteiger partial charge on any atom is -0.548 e. The van der Waals surface area contributed by atoms with Crippen LogP contribution in [-0.4, -0.2) is 75.2 Å². The third-order valence-electron chi connectivity index (χ3n) is 2.92. The van der Waals surface area contributed by atoms with Crippen molar-refractivity contribution in [2.45, 2.75) is 6.04 Å². The normalized spacial score (nSPS) is 18.5. The number of hydrogen-bond acceptors (Lipinski definition) is 8. The molecule has 0 bridgehead atoms. The van der Waals surface area contributed by atoms with Crippen LogP contribution in [0, 0.1) is 0 Å². The summed E-state index contributed by atoms with van der Waals surface area (Å²) in [5, 5.41) is 31.2. The Balaban J connectivity index is 0. The molecule has 0 atom stereocenters. The molecule has 21 heavy (non-hydrogen) atoms. The number of carboxylic acids is 2. The Kier molecular flexibility index (Phi) is 15.1. The quantitative estimate of drug-likeness (QED) is 0.345. The second kappa shape index (κ2) is 13.6. The SMILES string of the molecule is O=C([O-])C(C(=O)[O-])N1CCNCCNCCNCC1.[Li+].[Li+]. The summed E-state index contributed by atoms with van der Waals surface area (Å²) in [5.74, 6) is -3.26. The maximum Gasteiger partial charge on any atom is 1.00 e. The third-order valence-corrected chi connectivity index (χ3v) is 2.92. The van der Waals surface area contributed by atoms with Crippen molar-refractivity contribution in [3.05, 3.63) is 0 Å². The molecule has 1 fully saturated rings. The molecule has 0 aromatic carbocycles. The van der Waals surface area contributed by atoms with Gasteiger partial charge in [0.25, 0.3) is 0 Å². The van der Waals surface area contributed by atoms with Crippen LogP contribution in [0.15, 0.2) is 0 Å². The van der Waals surface area contributed by atoms with E-state index in [1.165, 1.54) is 4.90 Å². The molecule has 110 valence electrons. The fraction of sp³-hybridized carbons (Fsp3) is 0.818. The number of carboxylic acid groups (broad SMARTS) is 2. The minimum absolute atomic E-state index is 0. The maximum absolute atomic E-state index is 10.9. The van der Waals surface area contributed by atoms with Crippen molar-refractivity contribution < 1.29 is 57.5 Å². The maximum atomic E-state index is 10.9.